The van der Waals surface area contributed by atoms with Crippen LogP contribution in [0.5, 0.6) is 0 Å². The van der Waals surface area contributed by atoms with Gasteiger partial charge in [-0.15, -0.1) is 0 Å². The molecule has 0 radical (unpaired) electrons. The van der Waals surface area contributed by atoms with Crippen molar-refractivity contribution in [1.82, 2.24) is 4.67 Å². The Labute approximate surface area is 135 Å². The number of hydrogen-bond donors (Lipinski definition) is 0. The molecule has 0 fully saturated rings. The van der Waals surface area contributed by atoms with Gasteiger partial charge in [-0.2, -0.15) is 0 Å². The summed E-state index contributed by atoms with van der Waals surface area (Å²) in [4.78, 5) is 3.34. The number of hydrogen-bond acceptors (Lipinski definition) is 4. The molecular weight excluding hydrogens is 299 g/mol. The molecule has 124 valence electrons. The lowest BCUT2D eigenvalue weighted by atomic mass is 10.2. The van der Waals surface area contributed by atoms with Crippen molar-refractivity contribution in [3.63, 3.8) is 0 Å². The fourth-order valence-corrected chi connectivity index (χ4v) is 3.78. The van der Waals surface area contributed by atoms with E-state index in [0.29, 0.717) is 31.8 Å². The lowest BCUT2D eigenvalue weighted by Crippen LogP contribution is -2.33. The molecule has 0 saturated carbocycles. The van der Waals surface area contributed by atoms with E-state index < -0.39 is 8.53 Å². The summed E-state index contributed by atoms with van der Waals surface area (Å²) in [5.41, 5.74) is 1.19. The van der Waals surface area contributed by atoms with Gasteiger partial charge in [-0.05, 0) is 52.2 Å². The first-order valence-electron chi connectivity index (χ1n) is 7.74. The molecule has 0 aliphatic rings. The first-order chi connectivity index (χ1) is 10.6. The molecule has 0 saturated heterocycles. The number of aryl methyl sites for hydroxylation is 1. The van der Waals surface area contributed by atoms with Crippen LogP contribution in [-0.2, 0) is 15.5 Å². The first-order valence-corrected chi connectivity index (χ1v) is 8.87. The minimum atomic E-state index is -1.12. The molecule has 22 heavy (non-hydrogen) atoms. The van der Waals surface area contributed by atoms with E-state index in [2.05, 4.69) is 37.2 Å². The highest BCUT2D eigenvalue weighted by molar-refractivity contribution is 7.44. The lowest BCUT2D eigenvalue weighted by molar-refractivity contribution is 0.177. The van der Waals surface area contributed by atoms with Gasteiger partial charge in [-0.3, -0.25) is 0 Å². The third kappa shape index (κ3) is 6.89. The Bertz CT molecular complexity index is 421. The van der Waals surface area contributed by atoms with Crippen LogP contribution in [-0.4, -0.2) is 36.5 Å². The summed E-state index contributed by atoms with van der Waals surface area (Å²) in [5.74, 6) is 0. The highest BCUT2D eigenvalue weighted by Gasteiger charge is 2.27. The van der Waals surface area contributed by atoms with Gasteiger partial charge in [0.05, 0.1) is 19.1 Å². The van der Waals surface area contributed by atoms with Gasteiger partial charge in [-0.1, -0.05) is 0 Å². The highest BCUT2D eigenvalue weighted by Crippen LogP contribution is 2.45. The zero-order chi connectivity index (χ0) is 16.4. The summed E-state index contributed by atoms with van der Waals surface area (Å²) in [6.07, 6.45) is 5.32. The maximum atomic E-state index is 6.86. The van der Waals surface area contributed by atoms with Crippen LogP contribution in [0, 0.1) is 6.57 Å². The molecule has 1 unspecified atom stereocenters. The van der Waals surface area contributed by atoms with Gasteiger partial charge in [0.25, 0.3) is 8.53 Å². The Morgan fingerprint density at radius 2 is 1.91 bits per heavy atom. The average Bonchev–Trinajstić information content (AvgIpc) is 2.95. The third-order valence-corrected chi connectivity index (χ3v) is 5.15. The van der Waals surface area contributed by atoms with E-state index >= 15 is 0 Å². The van der Waals surface area contributed by atoms with Crippen LogP contribution in [0.15, 0.2) is 23.0 Å². The van der Waals surface area contributed by atoms with Gasteiger partial charge in [0.2, 0.25) is 6.54 Å². The molecule has 1 atom stereocenters. The van der Waals surface area contributed by atoms with E-state index in [4.69, 9.17) is 20.0 Å². The Balaban J connectivity index is 2.47. The molecule has 0 N–H and O–H groups in total. The smallest absolute Gasteiger partial charge is 0.259 e. The van der Waals surface area contributed by atoms with E-state index in [0.717, 1.165) is 12.8 Å². The van der Waals surface area contributed by atoms with Gasteiger partial charge >= 0.3 is 0 Å². The second kappa shape index (κ2) is 10.7. The lowest BCUT2D eigenvalue weighted by Gasteiger charge is -2.35. The zero-order valence-electron chi connectivity index (χ0n) is 14.0. The second-order valence-electron chi connectivity index (χ2n) is 5.59. The fourth-order valence-electron chi connectivity index (χ4n) is 2.16. The van der Waals surface area contributed by atoms with E-state index in [1.54, 1.807) is 12.5 Å². The van der Waals surface area contributed by atoms with E-state index in [-0.39, 0.29) is 0 Å². The monoisotopic (exact) mass is 326 g/mol. The van der Waals surface area contributed by atoms with Crippen molar-refractivity contribution in [1.29, 1.82) is 0 Å². The van der Waals surface area contributed by atoms with Crippen LogP contribution < -0.4 is 0 Å². The van der Waals surface area contributed by atoms with Gasteiger partial charge in [0.15, 0.2) is 0 Å². The van der Waals surface area contributed by atoms with Crippen molar-refractivity contribution in [3.05, 3.63) is 35.6 Å². The van der Waals surface area contributed by atoms with Crippen LogP contribution in [0.1, 0.15) is 39.7 Å². The van der Waals surface area contributed by atoms with Crippen molar-refractivity contribution in [2.45, 2.75) is 52.6 Å². The molecule has 0 spiro atoms. The van der Waals surface area contributed by atoms with Crippen molar-refractivity contribution in [3.8, 4) is 0 Å². The molecule has 0 aliphatic heterocycles. The van der Waals surface area contributed by atoms with Crippen LogP contribution >= 0.6 is 8.53 Å². The SMILES string of the molecule is [C-]#[N+]CCOP(OCCCc1ccoc1)N(C(C)C)C(C)C. The molecule has 0 bridgehead atoms. The molecule has 5 nitrogen and oxygen atoms in total. The van der Waals surface area contributed by atoms with E-state index in [1.807, 2.05) is 6.07 Å². The van der Waals surface area contributed by atoms with Gasteiger partial charge in [0.1, 0.15) is 6.61 Å². The maximum absolute atomic E-state index is 6.86. The van der Waals surface area contributed by atoms with Gasteiger partial charge < -0.3 is 18.3 Å². The van der Waals surface area contributed by atoms with Gasteiger partial charge in [-0.25, -0.2) is 11.2 Å². The van der Waals surface area contributed by atoms with Crippen molar-refractivity contribution < 1.29 is 13.5 Å². The predicted molar refractivity (Wildman–Crippen MR) is 89.4 cm³/mol. The van der Waals surface area contributed by atoms with E-state index in [9.17, 15) is 0 Å². The fraction of sp³-hybridized carbons (Fsp3) is 0.688. The summed E-state index contributed by atoms with van der Waals surface area (Å²) in [6, 6.07) is 2.66. The second-order valence-corrected chi connectivity index (χ2v) is 7.04. The molecule has 0 aromatic carbocycles. The third-order valence-electron chi connectivity index (χ3n) is 3.04. The molecule has 1 heterocycles. The molecule has 6 heteroatoms. The Morgan fingerprint density at radius 3 is 2.45 bits per heavy atom. The number of rotatable bonds is 11. The molecule has 1 aromatic heterocycles. The summed E-state index contributed by atoms with van der Waals surface area (Å²) >= 11 is 0. The Morgan fingerprint density at radius 1 is 1.23 bits per heavy atom. The minimum absolute atomic E-state index is 0.341. The normalized spacial score (nSPS) is 13.0. The quantitative estimate of drug-likeness (QED) is 0.341. The summed E-state index contributed by atoms with van der Waals surface area (Å²) in [7, 11) is -1.12. The largest absolute Gasteiger partial charge is 0.472 e. The van der Waals surface area contributed by atoms with Crippen LogP contribution in [0.25, 0.3) is 4.85 Å². The number of nitrogens with zero attached hydrogens (tertiary/aromatic N) is 2. The van der Waals surface area contributed by atoms with Crippen LogP contribution in [0.4, 0.5) is 0 Å². The standard InChI is InChI=1S/C16H27N2O3P/c1-14(2)18(15(3)4)22(21-12-9-17-5)20-10-6-7-16-8-11-19-13-16/h8,11,13-15H,6-7,9-10,12H2,1-4H3. The summed E-state index contributed by atoms with van der Waals surface area (Å²) in [5, 5.41) is 0. The average molecular weight is 326 g/mol. The summed E-state index contributed by atoms with van der Waals surface area (Å²) in [6.45, 7) is 16.9. The zero-order valence-corrected chi connectivity index (χ0v) is 14.9. The summed E-state index contributed by atoms with van der Waals surface area (Å²) < 4.78 is 19.2. The maximum Gasteiger partial charge on any atom is 0.259 e. The van der Waals surface area contributed by atoms with Crippen LogP contribution in [0.3, 0.4) is 0 Å². The van der Waals surface area contributed by atoms with E-state index in [1.165, 1.54) is 5.56 Å². The molecular formula is C16H27N2O3P. The Hall–Kier alpha value is -0.920. The minimum Gasteiger partial charge on any atom is -0.472 e. The van der Waals surface area contributed by atoms with Crippen molar-refractivity contribution in [2.75, 3.05) is 19.8 Å². The van der Waals surface area contributed by atoms with Gasteiger partial charge in [0, 0.05) is 12.1 Å². The highest BCUT2D eigenvalue weighted by atomic mass is 31.2. The topological polar surface area (TPSA) is 39.2 Å². The molecule has 1 rings (SSSR count). The molecule has 0 aliphatic carbocycles. The number of furan rings is 1. The Kier molecular flexibility index (Phi) is 9.34. The first kappa shape index (κ1) is 19.1. The predicted octanol–water partition coefficient (Wildman–Crippen LogP) is 4.51. The van der Waals surface area contributed by atoms with Crippen LogP contribution in [0.2, 0.25) is 0 Å². The molecule has 1 aromatic rings. The van der Waals surface area contributed by atoms with Crippen molar-refractivity contribution >= 4 is 8.53 Å². The molecule has 0 amide bonds. The van der Waals surface area contributed by atoms with Crippen molar-refractivity contribution in [2.24, 2.45) is 0 Å².